The SMILES string of the molecule is CCCCc1nc(C(=O)OC)c(C)s1. The number of hydrogen-bond acceptors (Lipinski definition) is 4. The number of rotatable bonds is 4. The van der Waals surface area contributed by atoms with E-state index in [2.05, 4.69) is 16.6 Å². The van der Waals surface area contributed by atoms with Crippen LogP contribution in [0.2, 0.25) is 0 Å². The smallest absolute Gasteiger partial charge is 0.357 e. The largest absolute Gasteiger partial charge is 0.464 e. The Balaban J connectivity index is 2.77. The van der Waals surface area contributed by atoms with E-state index in [0.29, 0.717) is 5.69 Å². The van der Waals surface area contributed by atoms with Gasteiger partial charge in [-0.05, 0) is 19.8 Å². The van der Waals surface area contributed by atoms with Gasteiger partial charge in [0, 0.05) is 4.88 Å². The fourth-order valence-corrected chi connectivity index (χ4v) is 2.13. The molecule has 0 radical (unpaired) electrons. The minimum absolute atomic E-state index is 0.332. The number of aryl methyl sites for hydroxylation is 2. The maximum atomic E-state index is 11.2. The van der Waals surface area contributed by atoms with Gasteiger partial charge in [0.05, 0.1) is 12.1 Å². The van der Waals surface area contributed by atoms with Gasteiger partial charge in [-0.3, -0.25) is 0 Å². The van der Waals surface area contributed by atoms with E-state index < -0.39 is 0 Å². The van der Waals surface area contributed by atoms with Crippen LogP contribution in [-0.4, -0.2) is 18.1 Å². The molecular formula is C10H15NO2S. The number of carbonyl (C=O) groups is 1. The molecule has 1 heterocycles. The normalized spacial score (nSPS) is 10.2. The Labute approximate surface area is 88.1 Å². The zero-order valence-corrected chi connectivity index (χ0v) is 9.61. The van der Waals surface area contributed by atoms with Crippen molar-refractivity contribution in [2.45, 2.75) is 33.1 Å². The lowest BCUT2D eigenvalue weighted by Crippen LogP contribution is -2.03. The van der Waals surface area contributed by atoms with Gasteiger partial charge in [0.25, 0.3) is 0 Å². The van der Waals surface area contributed by atoms with Crippen LogP contribution in [-0.2, 0) is 11.2 Å². The second-order valence-electron chi connectivity index (χ2n) is 3.11. The van der Waals surface area contributed by atoms with Gasteiger partial charge >= 0.3 is 5.97 Å². The van der Waals surface area contributed by atoms with Gasteiger partial charge < -0.3 is 4.74 Å². The minimum Gasteiger partial charge on any atom is -0.464 e. The topological polar surface area (TPSA) is 39.2 Å². The van der Waals surface area contributed by atoms with Crippen LogP contribution in [0.1, 0.15) is 40.1 Å². The van der Waals surface area contributed by atoms with E-state index in [0.717, 1.165) is 29.1 Å². The Hall–Kier alpha value is -0.900. The summed E-state index contributed by atoms with van der Waals surface area (Å²) >= 11 is 1.59. The van der Waals surface area contributed by atoms with Crippen molar-refractivity contribution in [2.24, 2.45) is 0 Å². The predicted octanol–water partition coefficient (Wildman–Crippen LogP) is 2.58. The lowest BCUT2D eigenvalue weighted by atomic mass is 10.3. The Morgan fingerprint density at radius 2 is 2.29 bits per heavy atom. The average molecular weight is 213 g/mol. The van der Waals surface area contributed by atoms with Gasteiger partial charge in [0.2, 0.25) is 0 Å². The maximum absolute atomic E-state index is 11.2. The molecule has 0 saturated heterocycles. The molecule has 0 aliphatic carbocycles. The monoisotopic (exact) mass is 213 g/mol. The summed E-state index contributed by atoms with van der Waals surface area (Å²) in [5, 5.41) is 1.03. The van der Waals surface area contributed by atoms with Crippen LogP contribution in [0.5, 0.6) is 0 Å². The molecule has 14 heavy (non-hydrogen) atoms. The fraction of sp³-hybridized carbons (Fsp3) is 0.600. The summed E-state index contributed by atoms with van der Waals surface area (Å²) in [5.41, 5.74) is 0.476. The fourth-order valence-electron chi connectivity index (χ4n) is 1.17. The van der Waals surface area contributed by atoms with Crippen LogP contribution in [0.25, 0.3) is 0 Å². The number of unbranched alkanes of at least 4 members (excludes halogenated alkanes) is 1. The third kappa shape index (κ3) is 2.54. The summed E-state index contributed by atoms with van der Waals surface area (Å²) in [5.74, 6) is -0.332. The molecule has 0 bridgehead atoms. The number of nitrogens with zero attached hydrogens (tertiary/aromatic N) is 1. The molecule has 0 N–H and O–H groups in total. The second-order valence-corrected chi connectivity index (χ2v) is 4.40. The molecule has 0 atom stereocenters. The molecule has 0 saturated carbocycles. The first-order chi connectivity index (χ1) is 6.69. The molecule has 0 aliphatic rings. The van der Waals surface area contributed by atoms with E-state index in [1.165, 1.54) is 7.11 Å². The van der Waals surface area contributed by atoms with Crippen molar-refractivity contribution >= 4 is 17.3 Å². The van der Waals surface area contributed by atoms with Crippen molar-refractivity contribution in [1.29, 1.82) is 0 Å². The third-order valence-electron chi connectivity index (χ3n) is 1.96. The highest BCUT2D eigenvalue weighted by Crippen LogP contribution is 2.19. The van der Waals surface area contributed by atoms with Crippen LogP contribution in [0.4, 0.5) is 0 Å². The van der Waals surface area contributed by atoms with Crippen molar-refractivity contribution < 1.29 is 9.53 Å². The third-order valence-corrected chi connectivity index (χ3v) is 2.99. The minimum atomic E-state index is -0.332. The van der Waals surface area contributed by atoms with E-state index in [1.54, 1.807) is 11.3 Å². The molecule has 0 unspecified atom stereocenters. The quantitative estimate of drug-likeness (QED) is 0.722. The first-order valence-corrected chi connectivity index (χ1v) is 5.55. The summed E-state index contributed by atoms with van der Waals surface area (Å²) in [6.45, 7) is 4.04. The highest BCUT2D eigenvalue weighted by Gasteiger charge is 2.14. The standard InChI is InChI=1S/C10H15NO2S/c1-4-5-6-8-11-9(7(2)14-8)10(12)13-3/h4-6H2,1-3H3. The predicted molar refractivity (Wildman–Crippen MR) is 56.8 cm³/mol. The number of esters is 1. The van der Waals surface area contributed by atoms with E-state index in [9.17, 15) is 4.79 Å². The average Bonchev–Trinajstić information content (AvgIpc) is 2.55. The van der Waals surface area contributed by atoms with Gasteiger partial charge in [0.15, 0.2) is 5.69 Å². The van der Waals surface area contributed by atoms with Crippen molar-refractivity contribution in [3.63, 3.8) is 0 Å². The van der Waals surface area contributed by atoms with Gasteiger partial charge in [-0.2, -0.15) is 0 Å². The number of thiazole rings is 1. The van der Waals surface area contributed by atoms with Crippen LogP contribution >= 0.6 is 11.3 Å². The molecule has 1 aromatic heterocycles. The van der Waals surface area contributed by atoms with E-state index in [4.69, 9.17) is 0 Å². The summed E-state index contributed by atoms with van der Waals surface area (Å²) < 4.78 is 4.64. The number of methoxy groups -OCH3 is 1. The Kier molecular flexibility index (Phi) is 4.07. The number of ether oxygens (including phenoxy) is 1. The summed E-state index contributed by atoms with van der Waals surface area (Å²) in [7, 11) is 1.38. The first kappa shape index (κ1) is 11.2. The zero-order valence-electron chi connectivity index (χ0n) is 8.79. The van der Waals surface area contributed by atoms with Crippen molar-refractivity contribution in [3.05, 3.63) is 15.6 Å². The molecule has 78 valence electrons. The van der Waals surface area contributed by atoms with Crippen LogP contribution in [0.15, 0.2) is 0 Å². The molecule has 1 rings (SSSR count). The van der Waals surface area contributed by atoms with Gasteiger partial charge in [-0.15, -0.1) is 11.3 Å². The lowest BCUT2D eigenvalue weighted by Gasteiger charge is -1.94. The molecular weight excluding hydrogens is 198 g/mol. The highest BCUT2D eigenvalue weighted by molar-refractivity contribution is 7.11. The van der Waals surface area contributed by atoms with Gasteiger partial charge in [-0.1, -0.05) is 13.3 Å². The van der Waals surface area contributed by atoms with E-state index in [1.807, 2.05) is 6.92 Å². The lowest BCUT2D eigenvalue weighted by molar-refractivity contribution is 0.0594. The maximum Gasteiger partial charge on any atom is 0.357 e. The van der Waals surface area contributed by atoms with Crippen molar-refractivity contribution in [1.82, 2.24) is 4.98 Å². The molecule has 4 heteroatoms. The molecule has 0 spiro atoms. The van der Waals surface area contributed by atoms with Crippen LogP contribution in [0, 0.1) is 6.92 Å². The molecule has 0 fully saturated rings. The van der Waals surface area contributed by atoms with Crippen LogP contribution < -0.4 is 0 Å². The molecule has 0 aliphatic heterocycles. The summed E-state index contributed by atoms with van der Waals surface area (Å²) in [4.78, 5) is 16.5. The Morgan fingerprint density at radius 3 is 2.86 bits per heavy atom. The van der Waals surface area contributed by atoms with E-state index >= 15 is 0 Å². The second kappa shape index (κ2) is 5.10. The molecule has 3 nitrogen and oxygen atoms in total. The van der Waals surface area contributed by atoms with Crippen molar-refractivity contribution in [2.75, 3.05) is 7.11 Å². The number of hydrogen-bond donors (Lipinski definition) is 0. The summed E-state index contributed by atoms with van der Waals surface area (Å²) in [6, 6.07) is 0. The highest BCUT2D eigenvalue weighted by atomic mass is 32.1. The molecule has 0 amide bonds. The Bertz CT molecular complexity index is 320. The van der Waals surface area contributed by atoms with Gasteiger partial charge in [0.1, 0.15) is 0 Å². The Morgan fingerprint density at radius 1 is 1.57 bits per heavy atom. The molecule has 0 aromatic carbocycles. The zero-order chi connectivity index (χ0) is 10.6. The molecule has 1 aromatic rings. The van der Waals surface area contributed by atoms with E-state index in [-0.39, 0.29) is 5.97 Å². The van der Waals surface area contributed by atoms with Crippen molar-refractivity contribution in [3.8, 4) is 0 Å². The first-order valence-electron chi connectivity index (χ1n) is 4.73. The van der Waals surface area contributed by atoms with Gasteiger partial charge in [-0.25, -0.2) is 9.78 Å². The van der Waals surface area contributed by atoms with Crippen LogP contribution in [0.3, 0.4) is 0 Å². The number of carbonyl (C=O) groups excluding carboxylic acids is 1. The number of aromatic nitrogens is 1. The summed E-state index contributed by atoms with van der Waals surface area (Å²) in [6.07, 6.45) is 3.22.